The second kappa shape index (κ2) is 6.77. The van der Waals surface area contributed by atoms with E-state index in [1.165, 1.54) is 70.6 Å². The lowest BCUT2D eigenvalue weighted by atomic mass is 9.79. The monoisotopic (exact) mass is 355 g/mol. The third-order valence-corrected chi connectivity index (χ3v) is 6.13. The van der Waals surface area contributed by atoms with Crippen LogP contribution in [0, 0.1) is 0 Å². The number of methoxy groups -OCH3 is 1. The number of ether oxygens (including phenoxy) is 1. The Kier molecular flexibility index (Phi) is 4.12. The summed E-state index contributed by atoms with van der Waals surface area (Å²) in [5, 5.41) is 2.68. The molecule has 4 aromatic rings. The molecule has 0 aliphatic heterocycles. The number of aromatic amines is 1. The Bertz CT molecular complexity index is 1080. The molecular weight excluding hydrogens is 330 g/mol. The topological polar surface area (TPSA) is 25.0 Å². The fourth-order valence-electron chi connectivity index (χ4n) is 4.78. The first-order valence-electron chi connectivity index (χ1n) is 10.0. The number of hydrogen-bond acceptors (Lipinski definition) is 1. The second-order valence-electron chi connectivity index (χ2n) is 7.69. The lowest BCUT2D eigenvalue weighted by Crippen LogP contribution is -2.06. The summed E-state index contributed by atoms with van der Waals surface area (Å²) in [5.74, 6) is 1.57. The Morgan fingerprint density at radius 3 is 2.37 bits per heavy atom. The maximum absolute atomic E-state index is 5.39. The number of nitrogens with one attached hydrogen (secondary N) is 1. The summed E-state index contributed by atoms with van der Waals surface area (Å²) >= 11 is 0. The van der Waals surface area contributed by atoms with Crippen LogP contribution >= 0.6 is 0 Å². The number of para-hydroxylation sites is 1. The molecule has 0 amide bonds. The van der Waals surface area contributed by atoms with E-state index in [0.717, 1.165) is 5.75 Å². The minimum absolute atomic E-state index is 0.661. The van der Waals surface area contributed by atoms with Gasteiger partial charge in [0.15, 0.2) is 0 Å². The predicted molar refractivity (Wildman–Crippen MR) is 114 cm³/mol. The van der Waals surface area contributed by atoms with Crippen LogP contribution in [0.3, 0.4) is 0 Å². The second-order valence-corrected chi connectivity index (χ2v) is 7.69. The van der Waals surface area contributed by atoms with E-state index in [1.807, 2.05) is 0 Å². The van der Waals surface area contributed by atoms with Crippen molar-refractivity contribution in [2.24, 2.45) is 0 Å². The summed E-state index contributed by atoms with van der Waals surface area (Å²) < 4.78 is 5.39. The Morgan fingerprint density at radius 1 is 0.815 bits per heavy atom. The van der Waals surface area contributed by atoms with Crippen molar-refractivity contribution in [1.82, 2.24) is 4.98 Å². The minimum Gasteiger partial charge on any atom is -0.497 e. The number of benzene rings is 3. The van der Waals surface area contributed by atoms with E-state index < -0.39 is 0 Å². The summed E-state index contributed by atoms with van der Waals surface area (Å²) in [7, 11) is 1.73. The van der Waals surface area contributed by atoms with Gasteiger partial charge in [-0.1, -0.05) is 55.7 Å². The largest absolute Gasteiger partial charge is 0.497 e. The van der Waals surface area contributed by atoms with E-state index in [2.05, 4.69) is 65.6 Å². The van der Waals surface area contributed by atoms with Gasteiger partial charge in [0.05, 0.1) is 7.11 Å². The fraction of sp³-hybridized carbons (Fsp3) is 0.280. The zero-order chi connectivity index (χ0) is 18.2. The Balaban J connectivity index is 1.81. The molecule has 0 radical (unpaired) electrons. The van der Waals surface area contributed by atoms with Crippen LogP contribution in [0.5, 0.6) is 5.75 Å². The number of hydrogen-bond donors (Lipinski definition) is 1. The number of H-pyrrole nitrogens is 1. The van der Waals surface area contributed by atoms with Crippen molar-refractivity contribution in [3.63, 3.8) is 0 Å². The normalized spacial score (nSPS) is 15.4. The molecule has 1 aliphatic rings. The van der Waals surface area contributed by atoms with Gasteiger partial charge in [-0.3, -0.25) is 0 Å². The molecule has 136 valence electrons. The number of rotatable bonds is 3. The van der Waals surface area contributed by atoms with Gasteiger partial charge in [-0.15, -0.1) is 0 Å². The van der Waals surface area contributed by atoms with Gasteiger partial charge in [0.25, 0.3) is 0 Å². The van der Waals surface area contributed by atoms with Crippen molar-refractivity contribution in [3.8, 4) is 16.9 Å². The van der Waals surface area contributed by atoms with Gasteiger partial charge in [0.2, 0.25) is 0 Å². The maximum atomic E-state index is 5.39. The molecule has 1 fully saturated rings. The zero-order valence-electron chi connectivity index (χ0n) is 15.8. The first-order chi connectivity index (χ1) is 13.3. The molecule has 0 spiro atoms. The molecule has 1 aliphatic carbocycles. The molecule has 0 bridgehead atoms. The van der Waals surface area contributed by atoms with E-state index >= 15 is 0 Å². The molecule has 0 saturated heterocycles. The highest BCUT2D eigenvalue weighted by molar-refractivity contribution is 6.15. The molecule has 1 N–H and O–H groups in total. The molecule has 27 heavy (non-hydrogen) atoms. The van der Waals surface area contributed by atoms with Crippen molar-refractivity contribution in [2.45, 2.75) is 38.0 Å². The van der Waals surface area contributed by atoms with Gasteiger partial charge in [-0.2, -0.15) is 0 Å². The summed E-state index contributed by atoms with van der Waals surface area (Å²) in [6.07, 6.45) is 6.68. The summed E-state index contributed by atoms with van der Waals surface area (Å²) in [4.78, 5) is 3.62. The lowest BCUT2D eigenvalue weighted by molar-refractivity contribution is 0.415. The average molecular weight is 355 g/mol. The third-order valence-electron chi connectivity index (χ3n) is 6.13. The Labute approximate surface area is 160 Å². The molecule has 0 atom stereocenters. The van der Waals surface area contributed by atoms with E-state index in [4.69, 9.17) is 4.74 Å². The first-order valence-corrected chi connectivity index (χ1v) is 10.0. The smallest absolute Gasteiger partial charge is 0.118 e. The van der Waals surface area contributed by atoms with Gasteiger partial charge >= 0.3 is 0 Å². The van der Waals surface area contributed by atoms with Crippen molar-refractivity contribution < 1.29 is 4.74 Å². The van der Waals surface area contributed by atoms with Crippen LogP contribution in [0.1, 0.15) is 43.6 Å². The summed E-state index contributed by atoms with van der Waals surface area (Å²) in [5.41, 5.74) is 6.63. The van der Waals surface area contributed by atoms with Crippen LogP contribution in [0.4, 0.5) is 0 Å². The standard InChI is InChI=1S/C25H25NO/c1-27-19-13-11-18(12-14-19)24-20(17-7-3-2-4-8-17)15-16-23-25(24)21-9-5-6-10-22(21)26-23/h5-6,9-17,26H,2-4,7-8H2,1H3. The van der Waals surface area contributed by atoms with Crippen molar-refractivity contribution >= 4 is 21.8 Å². The average Bonchev–Trinajstić information content (AvgIpc) is 3.12. The molecule has 5 rings (SSSR count). The van der Waals surface area contributed by atoms with E-state index in [9.17, 15) is 0 Å². The summed E-state index contributed by atoms with van der Waals surface area (Å²) in [6, 6.07) is 21.9. The van der Waals surface area contributed by atoms with Gasteiger partial charge < -0.3 is 9.72 Å². The van der Waals surface area contributed by atoms with Crippen LogP contribution < -0.4 is 4.74 Å². The molecule has 3 aromatic carbocycles. The van der Waals surface area contributed by atoms with Gasteiger partial charge in [-0.05, 0) is 59.7 Å². The quantitative estimate of drug-likeness (QED) is 0.419. The highest BCUT2D eigenvalue weighted by Crippen LogP contribution is 2.43. The zero-order valence-corrected chi connectivity index (χ0v) is 15.8. The predicted octanol–water partition coefficient (Wildman–Crippen LogP) is 7.04. The number of fused-ring (bicyclic) bond motifs is 3. The van der Waals surface area contributed by atoms with Gasteiger partial charge in [0.1, 0.15) is 5.75 Å². The third kappa shape index (κ3) is 2.80. The minimum atomic E-state index is 0.661. The molecule has 2 heteroatoms. The summed E-state index contributed by atoms with van der Waals surface area (Å²) in [6.45, 7) is 0. The van der Waals surface area contributed by atoms with Gasteiger partial charge in [-0.25, -0.2) is 0 Å². The highest BCUT2D eigenvalue weighted by Gasteiger charge is 2.22. The van der Waals surface area contributed by atoms with Crippen molar-refractivity contribution in [1.29, 1.82) is 0 Å². The molecule has 1 aromatic heterocycles. The van der Waals surface area contributed by atoms with Crippen molar-refractivity contribution in [3.05, 3.63) is 66.2 Å². The van der Waals surface area contributed by atoms with Crippen LogP contribution in [0.2, 0.25) is 0 Å². The molecule has 0 unspecified atom stereocenters. The van der Waals surface area contributed by atoms with Gasteiger partial charge in [0, 0.05) is 21.8 Å². The van der Waals surface area contributed by atoms with E-state index in [-0.39, 0.29) is 0 Å². The fourth-order valence-corrected chi connectivity index (χ4v) is 4.78. The Hall–Kier alpha value is -2.74. The van der Waals surface area contributed by atoms with Crippen LogP contribution in [0.15, 0.2) is 60.7 Å². The van der Waals surface area contributed by atoms with Crippen LogP contribution in [-0.4, -0.2) is 12.1 Å². The highest BCUT2D eigenvalue weighted by atomic mass is 16.5. The first kappa shape index (κ1) is 16.4. The lowest BCUT2D eigenvalue weighted by Gasteiger charge is -2.25. The van der Waals surface area contributed by atoms with Crippen LogP contribution in [-0.2, 0) is 0 Å². The SMILES string of the molecule is COc1ccc(-c2c(C3CCCCC3)ccc3[nH]c4ccccc4c23)cc1. The van der Waals surface area contributed by atoms with Crippen molar-refractivity contribution in [2.75, 3.05) is 7.11 Å². The van der Waals surface area contributed by atoms with E-state index in [1.54, 1.807) is 7.11 Å². The Morgan fingerprint density at radius 2 is 1.59 bits per heavy atom. The number of aromatic nitrogens is 1. The maximum Gasteiger partial charge on any atom is 0.118 e. The molecule has 1 heterocycles. The molecular formula is C25H25NO. The molecule has 1 saturated carbocycles. The van der Waals surface area contributed by atoms with E-state index in [0.29, 0.717) is 5.92 Å². The van der Waals surface area contributed by atoms with Crippen LogP contribution in [0.25, 0.3) is 32.9 Å². The molecule has 2 nitrogen and oxygen atoms in total.